The molecule has 17 heavy (non-hydrogen) atoms. The van der Waals surface area contributed by atoms with Gasteiger partial charge in [0, 0.05) is 30.6 Å². The first kappa shape index (κ1) is 13.4. The molecular weight excluding hydrogens is 238 g/mol. The Hall–Kier alpha value is -1.62. The number of amides is 1. The summed E-state index contributed by atoms with van der Waals surface area (Å²) in [5.74, 6) is -1.40. The second-order valence-electron chi connectivity index (χ2n) is 3.71. The number of carbonyl (C=O) groups is 2. The van der Waals surface area contributed by atoms with Gasteiger partial charge in [0.25, 0.3) is 0 Å². The molecule has 0 aromatic carbocycles. The van der Waals surface area contributed by atoms with E-state index < -0.39 is 5.97 Å². The highest BCUT2D eigenvalue weighted by atomic mass is 32.1. The van der Waals surface area contributed by atoms with Gasteiger partial charge in [0.1, 0.15) is 0 Å². The first-order valence-electron chi connectivity index (χ1n) is 5.19. The molecular formula is C12H15NO3S. The van der Waals surface area contributed by atoms with Crippen molar-refractivity contribution in [3.8, 4) is 0 Å². The van der Waals surface area contributed by atoms with Gasteiger partial charge in [0.2, 0.25) is 5.91 Å². The number of thiophene rings is 1. The summed E-state index contributed by atoms with van der Waals surface area (Å²) in [6.45, 7) is 2.63. The van der Waals surface area contributed by atoms with Crippen LogP contribution in [0.5, 0.6) is 0 Å². The van der Waals surface area contributed by atoms with E-state index in [9.17, 15) is 9.59 Å². The van der Waals surface area contributed by atoms with Crippen molar-refractivity contribution >= 4 is 23.2 Å². The summed E-state index contributed by atoms with van der Waals surface area (Å²) in [7, 11) is 1.66. The predicted molar refractivity (Wildman–Crippen MR) is 67.2 cm³/mol. The lowest BCUT2D eigenvalue weighted by Gasteiger charge is -2.14. The molecule has 5 heteroatoms. The predicted octanol–water partition coefficient (Wildman–Crippen LogP) is 1.70. The molecule has 1 aromatic heterocycles. The average molecular weight is 253 g/mol. The van der Waals surface area contributed by atoms with Crippen molar-refractivity contribution in [3.63, 3.8) is 0 Å². The third-order valence-electron chi connectivity index (χ3n) is 2.39. The smallest absolute Gasteiger partial charge is 0.328 e. The monoisotopic (exact) mass is 253 g/mol. The van der Waals surface area contributed by atoms with E-state index in [1.54, 1.807) is 18.4 Å². The Morgan fingerprint density at radius 3 is 2.71 bits per heavy atom. The summed E-state index contributed by atoms with van der Waals surface area (Å²) in [5, 5.41) is 10.4. The van der Waals surface area contributed by atoms with E-state index in [1.165, 1.54) is 15.3 Å². The van der Waals surface area contributed by atoms with Gasteiger partial charge in [0.05, 0.1) is 0 Å². The van der Waals surface area contributed by atoms with Gasteiger partial charge >= 0.3 is 5.97 Å². The van der Waals surface area contributed by atoms with Crippen LogP contribution in [0.25, 0.3) is 0 Å². The van der Waals surface area contributed by atoms with Crippen LogP contribution in [0.3, 0.4) is 0 Å². The van der Waals surface area contributed by atoms with E-state index in [0.717, 1.165) is 18.6 Å². The first-order valence-corrected chi connectivity index (χ1v) is 6.07. The molecule has 0 aliphatic heterocycles. The molecule has 0 aliphatic rings. The quantitative estimate of drug-likeness (QED) is 0.812. The van der Waals surface area contributed by atoms with Crippen LogP contribution < -0.4 is 0 Å². The van der Waals surface area contributed by atoms with E-state index in [-0.39, 0.29) is 5.91 Å². The molecule has 1 rings (SSSR count). The van der Waals surface area contributed by atoms with E-state index in [0.29, 0.717) is 6.54 Å². The van der Waals surface area contributed by atoms with Gasteiger partial charge < -0.3 is 10.0 Å². The van der Waals surface area contributed by atoms with Crippen LogP contribution in [0, 0.1) is 6.92 Å². The molecule has 0 fully saturated rings. The van der Waals surface area contributed by atoms with E-state index in [1.807, 2.05) is 18.4 Å². The van der Waals surface area contributed by atoms with Crippen molar-refractivity contribution in [2.24, 2.45) is 0 Å². The van der Waals surface area contributed by atoms with Crippen LogP contribution in [0.1, 0.15) is 10.4 Å². The molecule has 92 valence electrons. The number of likely N-dealkylation sites (N-methyl/N-ethyl adjacent to an activating group) is 1. The summed E-state index contributed by atoms with van der Waals surface area (Å²) in [4.78, 5) is 24.5. The molecule has 0 atom stereocenters. The van der Waals surface area contributed by atoms with Gasteiger partial charge in [-0.3, -0.25) is 4.79 Å². The third kappa shape index (κ3) is 4.40. The number of carboxylic acid groups (broad SMARTS) is 1. The molecule has 1 N–H and O–H groups in total. The highest BCUT2D eigenvalue weighted by molar-refractivity contribution is 7.10. The second-order valence-corrected chi connectivity index (χ2v) is 4.71. The SMILES string of the molecule is Cc1ccsc1CCN(C)C(=O)/C=C/C(=O)O. The molecule has 1 aromatic rings. The minimum atomic E-state index is -1.11. The van der Waals surface area contributed by atoms with Gasteiger partial charge in [0.15, 0.2) is 0 Å². The number of carboxylic acids is 1. The maximum absolute atomic E-state index is 11.5. The number of aryl methyl sites for hydroxylation is 1. The molecule has 1 heterocycles. The fraction of sp³-hybridized carbons (Fsp3) is 0.333. The lowest BCUT2D eigenvalue weighted by Crippen LogP contribution is -2.27. The number of carbonyl (C=O) groups excluding carboxylic acids is 1. The highest BCUT2D eigenvalue weighted by Gasteiger charge is 2.07. The van der Waals surface area contributed by atoms with Gasteiger partial charge in [-0.1, -0.05) is 0 Å². The van der Waals surface area contributed by atoms with E-state index in [4.69, 9.17) is 5.11 Å². The van der Waals surface area contributed by atoms with E-state index >= 15 is 0 Å². The Morgan fingerprint density at radius 1 is 1.47 bits per heavy atom. The number of rotatable bonds is 5. The largest absolute Gasteiger partial charge is 0.478 e. The normalized spacial score (nSPS) is 10.7. The number of hydrogen-bond donors (Lipinski definition) is 1. The minimum absolute atomic E-state index is 0.290. The molecule has 0 bridgehead atoms. The Labute approximate surface area is 104 Å². The molecule has 0 unspecified atom stereocenters. The summed E-state index contributed by atoms with van der Waals surface area (Å²) in [5.41, 5.74) is 1.23. The van der Waals surface area contributed by atoms with E-state index in [2.05, 4.69) is 0 Å². The maximum atomic E-state index is 11.5. The molecule has 0 saturated heterocycles. The zero-order valence-electron chi connectivity index (χ0n) is 9.84. The zero-order valence-corrected chi connectivity index (χ0v) is 10.7. The van der Waals surface area contributed by atoms with Crippen LogP contribution in [-0.2, 0) is 16.0 Å². The number of hydrogen-bond acceptors (Lipinski definition) is 3. The first-order chi connectivity index (χ1) is 8.00. The van der Waals surface area contributed by atoms with Crippen molar-refractivity contribution in [1.29, 1.82) is 0 Å². The fourth-order valence-corrected chi connectivity index (χ4v) is 2.21. The van der Waals surface area contributed by atoms with Crippen LogP contribution in [0.15, 0.2) is 23.6 Å². The highest BCUT2D eigenvalue weighted by Crippen LogP contribution is 2.16. The van der Waals surface area contributed by atoms with Crippen LogP contribution in [-0.4, -0.2) is 35.5 Å². The maximum Gasteiger partial charge on any atom is 0.328 e. The zero-order chi connectivity index (χ0) is 12.8. The van der Waals surface area contributed by atoms with Gasteiger partial charge in [-0.2, -0.15) is 0 Å². The summed E-state index contributed by atoms with van der Waals surface area (Å²) < 4.78 is 0. The standard InChI is InChI=1S/C12H15NO3S/c1-9-6-8-17-10(9)5-7-13(2)11(14)3-4-12(15)16/h3-4,6,8H,5,7H2,1-2H3,(H,15,16)/b4-3+. The van der Waals surface area contributed by atoms with Crippen molar-refractivity contribution in [2.45, 2.75) is 13.3 Å². The van der Waals surface area contributed by atoms with Gasteiger partial charge in [-0.05, 0) is 30.4 Å². The third-order valence-corrected chi connectivity index (χ3v) is 3.47. The lowest BCUT2D eigenvalue weighted by atomic mass is 10.2. The Kier molecular flexibility index (Phi) is 4.90. The molecule has 1 amide bonds. The van der Waals surface area contributed by atoms with Crippen LogP contribution in [0.4, 0.5) is 0 Å². The Bertz CT molecular complexity index is 437. The minimum Gasteiger partial charge on any atom is -0.478 e. The number of aliphatic carboxylic acids is 1. The molecule has 0 spiro atoms. The van der Waals surface area contributed by atoms with Crippen LogP contribution >= 0.6 is 11.3 Å². The summed E-state index contributed by atoms with van der Waals surface area (Å²) in [6.07, 6.45) is 2.73. The Morgan fingerprint density at radius 2 is 2.18 bits per heavy atom. The van der Waals surface area contributed by atoms with Crippen LogP contribution in [0.2, 0.25) is 0 Å². The molecule has 0 aliphatic carbocycles. The second kappa shape index (κ2) is 6.20. The molecule has 4 nitrogen and oxygen atoms in total. The van der Waals surface area contributed by atoms with Crippen molar-refractivity contribution < 1.29 is 14.7 Å². The molecule has 0 radical (unpaired) electrons. The summed E-state index contributed by atoms with van der Waals surface area (Å²) >= 11 is 1.67. The lowest BCUT2D eigenvalue weighted by molar-refractivity contribution is -0.132. The molecule has 0 saturated carbocycles. The topological polar surface area (TPSA) is 57.6 Å². The number of nitrogens with zero attached hydrogens (tertiary/aromatic N) is 1. The van der Waals surface area contributed by atoms with Crippen molar-refractivity contribution in [1.82, 2.24) is 4.90 Å². The van der Waals surface area contributed by atoms with Crippen molar-refractivity contribution in [3.05, 3.63) is 34.0 Å². The fourth-order valence-electron chi connectivity index (χ4n) is 1.31. The van der Waals surface area contributed by atoms with Gasteiger partial charge in [-0.15, -0.1) is 11.3 Å². The Balaban J connectivity index is 2.44. The van der Waals surface area contributed by atoms with Crippen molar-refractivity contribution in [2.75, 3.05) is 13.6 Å². The summed E-state index contributed by atoms with van der Waals surface area (Å²) in [6, 6.07) is 2.05. The average Bonchev–Trinajstić information content (AvgIpc) is 2.68. The van der Waals surface area contributed by atoms with Gasteiger partial charge in [-0.25, -0.2) is 4.79 Å².